The molecule has 1 amide bonds. The first-order chi connectivity index (χ1) is 17.9. The van der Waals surface area contributed by atoms with Crippen molar-refractivity contribution in [3.8, 4) is 0 Å². The molecule has 1 fully saturated rings. The van der Waals surface area contributed by atoms with E-state index in [1.807, 2.05) is 66.5 Å². The maximum Gasteiger partial charge on any atom is 0.277 e. The second kappa shape index (κ2) is 10.1. The normalized spacial score (nSPS) is 14.5. The van der Waals surface area contributed by atoms with E-state index in [1.165, 1.54) is 22.2 Å². The van der Waals surface area contributed by atoms with E-state index >= 15 is 0 Å². The van der Waals surface area contributed by atoms with Gasteiger partial charge in [-0.1, -0.05) is 30.3 Å². The van der Waals surface area contributed by atoms with Gasteiger partial charge in [-0.3, -0.25) is 10.0 Å². The van der Waals surface area contributed by atoms with Crippen LogP contribution < -0.4 is 15.3 Å². The second-order valence-corrected chi connectivity index (χ2v) is 10.6. The minimum absolute atomic E-state index is 0.127. The van der Waals surface area contributed by atoms with E-state index in [0.717, 1.165) is 22.1 Å². The van der Waals surface area contributed by atoms with Gasteiger partial charge in [0.15, 0.2) is 0 Å². The number of para-hydroxylation sites is 1. The van der Waals surface area contributed by atoms with E-state index in [1.54, 1.807) is 12.1 Å². The molecule has 0 radical (unpaired) electrons. The van der Waals surface area contributed by atoms with Crippen molar-refractivity contribution in [3.63, 3.8) is 0 Å². The lowest BCUT2D eigenvalue weighted by molar-refractivity contribution is 0.0705. The molecule has 11 heteroatoms. The predicted octanol–water partition coefficient (Wildman–Crippen LogP) is 3.03. The Balaban J connectivity index is 1.29. The fourth-order valence-electron chi connectivity index (χ4n) is 4.32. The molecule has 37 heavy (non-hydrogen) atoms. The lowest BCUT2D eigenvalue weighted by atomic mass is 10.1. The molecule has 0 atom stereocenters. The van der Waals surface area contributed by atoms with Crippen LogP contribution in [0.2, 0.25) is 0 Å². The molecule has 0 unspecified atom stereocenters. The first-order valence-corrected chi connectivity index (χ1v) is 13.1. The molecule has 0 bridgehead atoms. The Labute approximate surface area is 214 Å². The van der Waals surface area contributed by atoms with Crippen molar-refractivity contribution >= 4 is 44.0 Å². The number of carbonyl (C=O) groups excluding carboxylic acids is 1. The summed E-state index contributed by atoms with van der Waals surface area (Å²) in [5, 5.41) is 10.5. The average Bonchev–Trinajstić information content (AvgIpc) is 2.96. The number of anilines is 3. The first kappa shape index (κ1) is 24.6. The molecule has 1 aromatic heterocycles. The van der Waals surface area contributed by atoms with Gasteiger partial charge in [0.2, 0.25) is 16.0 Å². The summed E-state index contributed by atoms with van der Waals surface area (Å²) in [5.74, 6) is -0.300. The molecule has 0 spiro atoms. The van der Waals surface area contributed by atoms with Crippen LogP contribution in [-0.2, 0) is 10.0 Å². The van der Waals surface area contributed by atoms with Gasteiger partial charge < -0.3 is 9.80 Å². The number of carbonyl (C=O) groups is 1. The maximum atomic E-state index is 13.4. The summed E-state index contributed by atoms with van der Waals surface area (Å²) in [7, 11) is -1.67. The summed E-state index contributed by atoms with van der Waals surface area (Å²) in [6, 6.07) is 21.2. The lowest BCUT2D eigenvalue weighted by Crippen LogP contribution is -2.49. The van der Waals surface area contributed by atoms with Crippen molar-refractivity contribution in [1.82, 2.24) is 19.8 Å². The number of sulfonamides is 1. The molecule has 1 aliphatic rings. The van der Waals surface area contributed by atoms with Gasteiger partial charge in [0.05, 0.1) is 10.5 Å². The minimum Gasteiger partial charge on any atom is -0.345 e. The van der Waals surface area contributed by atoms with Crippen molar-refractivity contribution in [3.05, 3.63) is 84.7 Å². The van der Waals surface area contributed by atoms with E-state index in [9.17, 15) is 13.2 Å². The first-order valence-electron chi connectivity index (χ1n) is 11.7. The van der Waals surface area contributed by atoms with Gasteiger partial charge in [-0.2, -0.15) is 4.31 Å². The second-order valence-electron chi connectivity index (χ2n) is 8.69. The summed E-state index contributed by atoms with van der Waals surface area (Å²) in [6.07, 6.45) is 2.63. The summed E-state index contributed by atoms with van der Waals surface area (Å²) in [4.78, 5) is 24.0. The third-order valence-corrected chi connectivity index (χ3v) is 8.38. The zero-order chi connectivity index (χ0) is 26.0. The predicted molar refractivity (Wildman–Crippen MR) is 141 cm³/mol. The largest absolute Gasteiger partial charge is 0.345 e. The smallest absolute Gasteiger partial charge is 0.277 e. The van der Waals surface area contributed by atoms with Crippen molar-refractivity contribution in [2.45, 2.75) is 4.90 Å². The molecular formula is C26H26N6O4S. The number of benzene rings is 3. The van der Waals surface area contributed by atoms with Gasteiger partial charge in [0.1, 0.15) is 0 Å². The number of piperazine rings is 1. The topological polar surface area (TPSA) is 119 Å². The molecule has 190 valence electrons. The highest BCUT2D eigenvalue weighted by atomic mass is 32.2. The Morgan fingerprint density at radius 1 is 0.892 bits per heavy atom. The summed E-state index contributed by atoms with van der Waals surface area (Å²) in [5.41, 5.74) is 3.74. The Bertz CT molecular complexity index is 1520. The molecule has 0 aliphatic carbocycles. The molecule has 4 aromatic rings. The number of hydrogen-bond acceptors (Lipinski definition) is 8. The molecule has 1 saturated heterocycles. The number of nitrogens with zero attached hydrogens (tertiary/aromatic N) is 5. The lowest BCUT2D eigenvalue weighted by Gasteiger charge is -2.34. The number of amides is 1. The zero-order valence-corrected chi connectivity index (χ0v) is 21.0. The Hall–Kier alpha value is -4.06. The Morgan fingerprint density at radius 2 is 1.54 bits per heavy atom. The van der Waals surface area contributed by atoms with Gasteiger partial charge in [-0.05, 0) is 47.2 Å². The van der Waals surface area contributed by atoms with Gasteiger partial charge >= 0.3 is 0 Å². The average molecular weight is 519 g/mol. The van der Waals surface area contributed by atoms with Crippen molar-refractivity contribution < 1.29 is 18.4 Å². The van der Waals surface area contributed by atoms with Gasteiger partial charge in [-0.15, -0.1) is 0 Å². The van der Waals surface area contributed by atoms with Gasteiger partial charge in [-0.25, -0.2) is 23.9 Å². The number of fused-ring (bicyclic) bond motifs is 1. The van der Waals surface area contributed by atoms with E-state index in [-0.39, 0.29) is 23.5 Å². The minimum atomic E-state index is -3.68. The molecule has 2 N–H and O–H groups in total. The summed E-state index contributed by atoms with van der Waals surface area (Å²) in [6.45, 7) is 1.38. The molecule has 0 saturated carbocycles. The van der Waals surface area contributed by atoms with Crippen LogP contribution >= 0.6 is 0 Å². The fourth-order valence-corrected chi connectivity index (χ4v) is 5.78. The van der Waals surface area contributed by atoms with E-state index in [2.05, 4.69) is 14.9 Å². The van der Waals surface area contributed by atoms with Crippen LogP contribution in [-0.4, -0.2) is 67.0 Å². The number of nitrogens with one attached hydrogen (secondary N) is 1. The van der Waals surface area contributed by atoms with Crippen molar-refractivity contribution in [1.29, 1.82) is 0 Å². The third-order valence-electron chi connectivity index (χ3n) is 6.49. The quantitative estimate of drug-likeness (QED) is 0.295. The highest BCUT2D eigenvalue weighted by Gasteiger charge is 2.29. The monoisotopic (exact) mass is 518 g/mol. The molecule has 1 aliphatic heterocycles. The van der Waals surface area contributed by atoms with E-state index < -0.39 is 15.9 Å². The van der Waals surface area contributed by atoms with Crippen LogP contribution in [0, 0.1) is 0 Å². The highest BCUT2D eigenvalue weighted by molar-refractivity contribution is 7.89. The van der Waals surface area contributed by atoms with Crippen molar-refractivity contribution in [2.75, 3.05) is 43.0 Å². The Kier molecular flexibility index (Phi) is 6.74. The van der Waals surface area contributed by atoms with E-state index in [0.29, 0.717) is 19.0 Å². The molecule has 5 rings (SSSR count). The van der Waals surface area contributed by atoms with Crippen LogP contribution in [0.25, 0.3) is 10.8 Å². The van der Waals surface area contributed by atoms with Gasteiger partial charge in [0.25, 0.3) is 5.91 Å². The molecule has 10 nitrogen and oxygen atoms in total. The molecule has 2 heterocycles. The summed E-state index contributed by atoms with van der Waals surface area (Å²) >= 11 is 0. The third kappa shape index (κ3) is 4.96. The van der Waals surface area contributed by atoms with Crippen molar-refractivity contribution in [2.24, 2.45) is 0 Å². The Morgan fingerprint density at radius 3 is 2.22 bits per heavy atom. The standard InChI is InChI=1S/C26H26N6O4S/c1-30(22-5-3-2-4-6-22)23-9-7-20-16-24(10-8-19(20)15-23)37(35,36)32-13-11-31(12-14-32)26-27-17-21(18-28-26)25(33)29-34/h2-10,15-18,34H,11-14H2,1H3,(H,29,33). The maximum absolute atomic E-state index is 13.4. The molecular weight excluding hydrogens is 492 g/mol. The number of rotatable bonds is 6. The van der Waals surface area contributed by atoms with Crippen LogP contribution in [0.1, 0.15) is 10.4 Å². The van der Waals surface area contributed by atoms with Crippen LogP contribution in [0.15, 0.2) is 84.0 Å². The summed E-state index contributed by atoms with van der Waals surface area (Å²) < 4.78 is 28.2. The van der Waals surface area contributed by atoms with Crippen LogP contribution in [0.5, 0.6) is 0 Å². The number of hydrogen-bond donors (Lipinski definition) is 2. The fraction of sp³-hybridized carbons (Fsp3) is 0.192. The SMILES string of the molecule is CN(c1ccccc1)c1ccc2cc(S(=O)(=O)N3CCN(c4ncc(C(=O)NO)cn4)CC3)ccc2c1. The van der Waals surface area contributed by atoms with Gasteiger partial charge in [0, 0.05) is 57.0 Å². The van der Waals surface area contributed by atoms with Crippen LogP contribution in [0.4, 0.5) is 17.3 Å². The van der Waals surface area contributed by atoms with E-state index in [4.69, 9.17) is 5.21 Å². The zero-order valence-electron chi connectivity index (χ0n) is 20.2. The number of hydroxylamine groups is 1. The van der Waals surface area contributed by atoms with Crippen LogP contribution in [0.3, 0.4) is 0 Å². The highest BCUT2D eigenvalue weighted by Crippen LogP contribution is 2.29. The molecule has 3 aromatic carbocycles. The number of aromatic nitrogens is 2.